The van der Waals surface area contributed by atoms with E-state index in [1.807, 2.05) is 23.5 Å². The van der Waals surface area contributed by atoms with Crippen LogP contribution in [-0.2, 0) is 0 Å². The number of ether oxygens (including phenoxy) is 1. The first-order valence-electron chi connectivity index (χ1n) is 9.78. The van der Waals surface area contributed by atoms with Gasteiger partial charge in [-0.2, -0.15) is 0 Å². The Morgan fingerprint density at radius 1 is 1.04 bits per heavy atom. The van der Waals surface area contributed by atoms with Gasteiger partial charge in [-0.25, -0.2) is 0 Å². The van der Waals surface area contributed by atoms with Crippen molar-refractivity contribution >= 4 is 35.2 Å². The van der Waals surface area contributed by atoms with E-state index in [4.69, 9.17) is 4.74 Å². The molecule has 1 aliphatic heterocycles. The van der Waals surface area contributed by atoms with Gasteiger partial charge in [0.1, 0.15) is 12.4 Å². The van der Waals surface area contributed by atoms with Crippen LogP contribution in [0.3, 0.4) is 0 Å². The molecule has 0 N–H and O–H groups in total. The summed E-state index contributed by atoms with van der Waals surface area (Å²) in [5, 5.41) is 0. The lowest BCUT2D eigenvalue weighted by Crippen LogP contribution is -2.19. The molecule has 0 fully saturated rings. The molecule has 28 heavy (non-hydrogen) atoms. The SMILES string of the molecule is C/C(=C\c1ccc(OCCN(C)C)cc1)c1ccc2c(c1)SCC(C)(C)CS2. The molecule has 0 bridgehead atoms. The first kappa shape index (κ1) is 21.4. The lowest BCUT2D eigenvalue weighted by Gasteiger charge is -2.19. The average molecular weight is 414 g/mol. The Kier molecular flexibility index (Phi) is 7.19. The van der Waals surface area contributed by atoms with E-state index in [0.717, 1.165) is 12.3 Å². The van der Waals surface area contributed by atoms with Gasteiger partial charge in [0.15, 0.2) is 0 Å². The summed E-state index contributed by atoms with van der Waals surface area (Å²) in [7, 11) is 4.11. The predicted molar refractivity (Wildman–Crippen MR) is 126 cm³/mol. The van der Waals surface area contributed by atoms with Gasteiger partial charge in [-0.3, -0.25) is 0 Å². The van der Waals surface area contributed by atoms with Crippen LogP contribution < -0.4 is 4.74 Å². The van der Waals surface area contributed by atoms with Gasteiger partial charge >= 0.3 is 0 Å². The standard InChI is InChI=1S/C24H31NOS2/c1-18(14-19-6-9-21(10-7-19)26-13-12-25(4)5)20-8-11-22-23(15-20)28-17-24(2,3)16-27-22/h6-11,14-15H,12-13,16-17H2,1-5H3/b18-14+. The highest BCUT2D eigenvalue weighted by Gasteiger charge is 2.23. The topological polar surface area (TPSA) is 12.5 Å². The second kappa shape index (κ2) is 9.43. The van der Waals surface area contributed by atoms with Crippen LogP contribution >= 0.6 is 23.5 Å². The monoisotopic (exact) mass is 413 g/mol. The molecule has 2 aromatic carbocycles. The second-order valence-corrected chi connectivity index (χ2v) is 10.5. The van der Waals surface area contributed by atoms with Gasteiger partial charge in [-0.05, 0) is 67.4 Å². The van der Waals surface area contributed by atoms with E-state index >= 15 is 0 Å². The fourth-order valence-electron chi connectivity index (χ4n) is 2.91. The molecule has 150 valence electrons. The van der Waals surface area contributed by atoms with Crippen molar-refractivity contribution in [2.75, 3.05) is 38.8 Å². The van der Waals surface area contributed by atoms with Gasteiger partial charge in [0.25, 0.3) is 0 Å². The molecule has 1 heterocycles. The molecule has 0 saturated carbocycles. The van der Waals surface area contributed by atoms with Gasteiger partial charge in [-0.15, -0.1) is 23.5 Å². The van der Waals surface area contributed by atoms with Crippen molar-refractivity contribution in [1.29, 1.82) is 0 Å². The zero-order valence-electron chi connectivity index (χ0n) is 17.6. The zero-order chi connectivity index (χ0) is 20.1. The average Bonchev–Trinajstić information content (AvgIpc) is 2.81. The Balaban J connectivity index is 1.69. The third kappa shape index (κ3) is 6.07. The van der Waals surface area contributed by atoms with Crippen molar-refractivity contribution in [2.24, 2.45) is 5.41 Å². The number of nitrogens with zero attached hydrogens (tertiary/aromatic N) is 1. The first-order chi connectivity index (χ1) is 13.3. The Morgan fingerprint density at radius 2 is 1.71 bits per heavy atom. The highest BCUT2D eigenvalue weighted by Crippen LogP contribution is 2.43. The van der Waals surface area contributed by atoms with Crippen molar-refractivity contribution in [3.8, 4) is 5.75 Å². The van der Waals surface area contributed by atoms with Gasteiger partial charge in [-0.1, -0.05) is 38.1 Å². The fourth-order valence-corrected chi connectivity index (χ4v) is 5.48. The van der Waals surface area contributed by atoms with Crippen molar-refractivity contribution in [2.45, 2.75) is 30.6 Å². The number of fused-ring (bicyclic) bond motifs is 1. The lowest BCUT2D eigenvalue weighted by atomic mass is 10.0. The Bertz CT molecular complexity index is 825. The molecule has 0 unspecified atom stereocenters. The second-order valence-electron chi connectivity index (χ2n) is 8.45. The van der Waals surface area contributed by atoms with E-state index < -0.39 is 0 Å². The minimum Gasteiger partial charge on any atom is -0.492 e. The van der Waals surface area contributed by atoms with Crippen LogP contribution in [0.5, 0.6) is 5.75 Å². The Hall–Kier alpha value is -1.36. The molecule has 2 nitrogen and oxygen atoms in total. The molecule has 0 amide bonds. The molecule has 0 saturated heterocycles. The molecule has 3 rings (SSSR count). The van der Waals surface area contributed by atoms with Crippen LogP contribution in [0.1, 0.15) is 31.9 Å². The fraction of sp³-hybridized carbons (Fsp3) is 0.417. The van der Waals surface area contributed by atoms with Crippen molar-refractivity contribution in [3.63, 3.8) is 0 Å². The normalized spacial score (nSPS) is 16.6. The summed E-state index contributed by atoms with van der Waals surface area (Å²) in [6.45, 7) is 8.55. The third-order valence-corrected chi connectivity index (χ3v) is 8.00. The first-order valence-corrected chi connectivity index (χ1v) is 11.8. The van der Waals surface area contributed by atoms with Crippen LogP contribution in [0.4, 0.5) is 0 Å². The summed E-state index contributed by atoms with van der Waals surface area (Å²) in [5.74, 6) is 3.29. The highest BCUT2D eigenvalue weighted by molar-refractivity contribution is 8.03. The molecule has 4 heteroatoms. The van der Waals surface area contributed by atoms with E-state index in [0.29, 0.717) is 12.0 Å². The van der Waals surface area contributed by atoms with Gasteiger partial charge < -0.3 is 9.64 Å². The van der Waals surface area contributed by atoms with E-state index in [1.54, 1.807) is 0 Å². The number of thioether (sulfide) groups is 2. The molecule has 2 aromatic rings. The largest absolute Gasteiger partial charge is 0.492 e. The van der Waals surface area contributed by atoms with Gasteiger partial charge in [0.2, 0.25) is 0 Å². The number of likely N-dealkylation sites (N-methyl/N-ethyl adjacent to an activating group) is 1. The Labute approximate surface area is 178 Å². The van der Waals surface area contributed by atoms with Crippen molar-refractivity contribution < 1.29 is 4.74 Å². The molecular formula is C24H31NOS2. The lowest BCUT2D eigenvalue weighted by molar-refractivity contribution is 0.261. The summed E-state index contributed by atoms with van der Waals surface area (Å²) in [6, 6.07) is 15.3. The van der Waals surface area contributed by atoms with Crippen LogP contribution in [0, 0.1) is 5.41 Å². The van der Waals surface area contributed by atoms with E-state index in [2.05, 4.69) is 88.3 Å². The van der Waals surface area contributed by atoms with Gasteiger partial charge in [0, 0.05) is 27.8 Å². The molecule has 0 radical (unpaired) electrons. The van der Waals surface area contributed by atoms with Crippen LogP contribution in [0.15, 0.2) is 52.3 Å². The quantitative estimate of drug-likeness (QED) is 0.507. The maximum absolute atomic E-state index is 5.78. The summed E-state index contributed by atoms with van der Waals surface area (Å²) in [6.07, 6.45) is 2.25. The highest BCUT2D eigenvalue weighted by atomic mass is 32.2. The van der Waals surface area contributed by atoms with Crippen molar-refractivity contribution in [1.82, 2.24) is 4.90 Å². The zero-order valence-corrected chi connectivity index (χ0v) is 19.3. The van der Waals surface area contributed by atoms with E-state index in [1.165, 1.54) is 38.0 Å². The number of hydrogen-bond donors (Lipinski definition) is 0. The molecule has 0 spiro atoms. The smallest absolute Gasteiger partial charge is 0.119 e. The molecule has 0 atom stereocenters. The van der Waals surface area contributed by atoms with Crippen LogP contribution in [0.2, 0.25) is 0 Å². The molecule has 1 aliphatic rings. The molecule has 0 aromatic heterocycles. The maximum atomic E-state index is 5.78. The summed E-state index contributed by atoms with van der Waals surface area (Å²) < 4.78 is 5.78. The number of benzene rings is 2. The minimum atomic E-state index is 0.385. The van der Waals surface area contributed by atoms with E-state index in [-0.39, 0.29) is 0 Å². The molecular weight excluding hydrogens is 382 g/mol. The van der Waals surface area contributed by atoms with Gasteiger partial charge in [0.05, 0.1) is 0 Å². The van der Waals surface area contributed by atoms with Crippen LogP contribution in [-0.4, -0.2) is 43.7 Å². The number of allylic oxidation sites excluding steroid dienone is 1. The number of rotatable bonds is 6. The molecule has 0 aliphatic carbocycles. The van der Waals surface area contributed by atoms with Crippen LogP contribution in [0.25, 0.3) is 11.6 Å². The number of hydrogen-bond acceptors (Lipinski definition) is 4. The van der Waals surface area contributed by atoms with E-state index in [9.17, 15) is 0 Å². The van der Waals surface area contributed by atoms with Crippen molar-refractivity contribution in [3.05, 3.63) is 53.6 Å². The summed E-state index contributed by atoms with van der Waals surface area (Å²) in [4.78, 5) is 4.97. The predicted octanol–water partition coefficient (Wildman–Crippen LogP) is 6.41. The Morgan fingerprint density at radius 3 is 2.39 bits per heavy atom. The third-order valence-electron chi connectivity index (χ3n) is 4.71. The minimum absolute atomic E-state index is 0.385. The maximum Gasteiger partial charge on any atom is 0.119 e. The summed E-state index contributed by atoms with van der Waals surface area (Å²) >= 11 is 3.99. The summed E-state index contributed by atoms with van der Waals surface area (Å²) in [5.41, 5.74) is 4.18.